The van der Waals surface area contributed by atoms with Gasteiger partial charge in [-0.05, 0) is 66.2 Å². The zero-order valence-corrected chi connectivity index (χ0v) is 14.3. The van der Waals surface area contributed by atoms with Crippen molar-refractivity contribution in [1.82, 2.24) is 5.32 Å². The van der Waals surface area contributed by atoms with Crippen LogP contribution in [-0.2, 0) is 0 Å². The Kier molecular flexibility index (Phi) is 5.07. The van der Waals surface area contributed by atoms with Crippen molar-refractivity contribution in [1.29, 1.82) is 0 Å². The molecule has 3 nitrogen and oxygen atoms in total. The van der Waals surface area contributed by atoms with Gasteiger partial charge >= 0.3 is 0 Å². The van der Waals surface area contributed by atoms with Crippen molar-refractivity contribution in [3.63, 3.8) is 0 Å². The molecule has 3 unspecified atom stereocenters. The lowest BCUT2D eigenvalue weighted by Crippen LogP contribution is -2.43. The number of hydrogen-bond acceptors (Lipinski definition) is 3. The highest BCUT2D eigenvalue weighted by Gasteiger charge is 2.33. The Hall–Kier alpha value is -0.740. The van der Waals surface area contributed by atoms with E-state index in [2.05, 4.69) is 44.8 Å². The molecule has 1 saturated heterocycles. The molecule has 2 fully saturated rings. The Morgan fingerprint density at radius 2 is 2.05 bits per heavy atom. The lowest BCUT2D eigenvalue weighted by atomic mass is 9.79. The van der Waals surface area contributed by atoms with Gasteiger partial charge in [0.25, 0.3) is 0 Å². The largest absolute Gasteiger partial charge is 0.495 e. The molecule has 1 aliphatic heterocycles. The van der Waals surface area contributed by atoms with E-state index in [-0.39, 0.29) is 0 Å². The molecule has 1 aromatic carbocycles. The second kappa shape index (κ2) is 7.01. The average Bonchev–Trinajstić information content (AvgIpc) is 3.04. The van der Waals surface area contributed by atoms with E-state index in [9.17, 15) is 0 Å². The molecule has 1 aromatic rings. The maximum absolute atomic E-state index is 5.40. The number of anilines is 1. The van der Waals surface area contributed by atoms with Crippen molar-refractivity contribution in [2.75, 3.05) is 19.0 Å². The first-order chi connectivity index (χ1) is 10.3. The van der Waals surface area contributed by atoms with Gasteiger partial charge in [-0.2, -0.15) is 0 Å². The lowest BCUT2D eigenvalue weighted by Gasteiger charge is -2.37. The predicted octanol–water partition coefficient (Wildman–Crippen LogP) is 4.18. The number of hydrogen-bond donors (Lipinski definition) is 2. The van der Waals surface area contributed by atoms with Crippen LogP contribution in [-0.4, -0.2) is 25.7 Å². The molecular formula is C17H25BrN2O. The first kappa shape index (κ1) is 15.2. The van der Waals surface area contributed by atoms with Crippen LogP contribution in [0.3, 0.4) is 0 Å². The Labute approximate surface area is 136 Å². The van der Waals surface area contributed by atoms with Crippen molar-refractivity contribution < 1.29 is 4.74 Å². The van der Waals surface area contributed by atoms with Gasteiger partial charge in [-0.25, -0.2) is 0 Å². The maximum Gasteiger partial charge on any atom is 0.135 e. The summed E-state index contributed by atoms with van der Waals surface area (Å²) in [6, 6.07) is 7.59. The summed E-state index contributed by atoms with van der Waals surface area (Å²) in [5, 5.41) is 7.47. The van der Waals surface area contributed by atoms with Gasteiger partial charge in [0.05, 0.1) is 11.6 Å². The number of methoxy groups -OCH3 is 1. The van der Waals surface area contributed by atoms with Crippen LogP contribution < -0.4 is 15.4 Å². The third-order valence-electron chi connectivity index (χ3n) is 4.94. The van der Waals surface area contributed by atoms with Crippen LogP contribution in [0.15, 0.2) is 22.7 Å². The average molecular weight is 353 g/mol. The summed E-state index contributed by atoms with van der Waals surface area (Å²) in [6.45, 7) is 1.19. The van der Waals surface area contributed by atoms with Crippen LogP contribution in [0.5, 0.6) is 5.75 Å². The van der Waals surface area contributed by atoms with Crippen LogP contribution in [0.25, 0.3) is 0 Å². The minimum Gasteiger partial charge on any atom is -0.495 e. The molecule has 1 aliphatic carbocycles. The molecule has 4 heteroatoms. The molecule has 3 rings (SSSR count). The molecule has 3 atom stereocenters. The van der Waals surface area contributed by atoms with Crippen LogP contribution in [0.2, 0.25) is 0 Å². The third kappa shape index (κ3) is 3.54. The van der Waals surface area contributed by atoms with Gasteiger partial charge in [-0.15, -0.1) is 0 Å². The normalized spacial score (nSPS) is 29.3. The van der Waals surface area contributed by atoms with E-state index in [1.54, 1.807) is 7.11 Å². The fourth-order valence-electron chi connectivity index (χ4n) is 3.86. The molecule has 2 N–H and O–H groups in total. The Morgan fingerprint density at radius 3 is 2.81 bits per heavy atom. The second-order valence-electron chi connectivity index (χ2n) is 6.25. The Balaban J connectivity index is 1.71. The van der Waals surface area contributed by atoms with E-state index in [4.69, 9.17) is 4.74 Å². The summed E-state index contributed by atoms with van der Waals surface area (Å²) >= 11 is 3.52. The van der Waals surface area contributed by atoms with E-state index in [1.807, 2.05) is 0 Å². The monoisotopic (exact) mass is 352 g/mol. The molecule has 0 spiro atoms. The SMILES string of the molecule is COc1cc(NC2CCCCC2C2CCCN2)ccc1Br. The highest BCUT2D eigenvalue weighted by atomic mass is 79.9. The van der Waals surface area contributed by atoms with Gasteiger partial charge < -0.3 is 15.4 Å². The Bertz CT molecular complexity index is 474. The van der Waals surface area contributed by atoms with E-state index in [1.165, 1.54) is 50.8 Å². The molecule has 2 aliphatic rings. The predicted molar refractivity (Wildman–Crippen MR) is 91.1 cm³/mol. The van der Waals surface area contributed by atoms with E-state index >= 15 is 0 Å². The fourth-order valence-corrected chi connectivity index (χ4v) is 4.27. The molecule has 116 valence electrons. The summed E-state index contributed by atoms with van der Waals surface area (Å²) in [6.07, 6.45) is 8.02. The molecule has 0 aromatic heterocycles. The first-order valence-corrected chi connectivity index (χ1v) is 8.90. The van der Waals surface area contributed by atoms with Gasteiger partial charge in [-0.1, -0.05) is 12.8 Å². The molecule has 1 saturated carbocycles. The van der Waals surface area contributed by atoms with E-state index in [0.29, 0.717) is 12.1 Å². The number of ether oxygens (including phenoxy) is 1. The number of benzene rings is 1. The number of halogens is 1. The van der Waals surface area contributed by atoms with Crippen LogP contribution >= 0.6 is 15.9 Å². The first-order valence-electron chi connectivity index (χ1n) is 8.11. The maximum atomic E-state index is 5.40. The topological polar surface area (TPSA) is 33.3 Å². The highest BCUT2D eigenvalue weighted by Crippen LogP contribution is 2.34. The minimum atomic E-state index is 0.584. The van der Waals surface area contributed by atoms with Gasteiger partial charge in [0.2, 0.25) is 0 Å². The minimum absolute atomic E-state index is 0.584. The summed E-state index contributed by atoms with van der Waals surface area (Å²) in [5.74, 6) is 1.65. The standard InChI is InChI=1S/C17H25BrN2O/c1-21-17-11-12(8-9-14(17)18)20-16-6-3-2-5-13(16)15-7-4-10-19-15/h8-9,11,13,15-16,19-20H,2-7,10H2,1H3. The van der Waals surface area contributed by atoms with Crippen LogP contribution in [0.4, 0.5) is 5.69 Å². The van der Waals surface area contributed by atoms with Crippen molar-refractivity contribution in [2.45, 2.75) is 50.6 Å². The summed E-state index contributed by atoms with van der Waals surface area (Å²) in [4.78, 5) is 0. The number of rotatable bonds is 4. The second-order valence-corrected chi connectivity index (χ2v) is 7.11. The summed E-state index contributed by atoms with van der Waals surface area (Å²) in [5.41, 5.74) is 1.17. The zero-order valence-electron chi connectivity index (χ0n) is 12.7. The van der Waals surface area contributed by atoms with Crippen molar-refractivity contribution in [3.8, 4) is 5.75 Å². The van der Waals surface area contributed by atoms with Crippen molar-refractivity contribution in [2.24, 2.45) is 5.92 Å². The van der Waals surface area contributed by atoms with Gasteiger partial charge in [0.15, 0.2) is 0 Å². The smallest absolute Gasteiger partial charge is 0.135 e. The van der Waals surface area contributed by atoms with Crippen molar-refractivity contribution >= 4 is 21.6 Å². The van der Waals surface area contributed by atoms with E-state index in [0.717, 1.165) is 16.1 Å². The van der Waals surface area contributed by atoms with Crippen molar-refractivity contribution in [3.05, 3.63) is 22.7 Å². The lowest BCUT2D eigenvalue weighted by molar-refractivity contribution is 0.262. The molecule has 1 heterocycles. The molecule has 0 amide bonds. The fraction of sp³-hybridized carbons (Fsp3) is 0.647. The molecule has 0 radical (unpaired) electrons. The highest BCUT2D eigenvalue weighted by molar-refractivity contribution is 9.10. The molecule has 0 bridgehead atoms. The zero-order chi connectivity index (χ0) is 14.7. The Morgan fingerprint density at radius 1 is 1.19 bits per heavy atom. The molecular weight excluding hydrogens is 328 g/mol. The van der Waals surface area contributed by atoms with Crippen LogP contribution in [0, 0.1) is 5.92 Å². The van der Waals surface area contributed by atoms with E-state index < -0.39 is 0 Å². The quantitative estimate of drug-likeness (QED) is 0.852. The molecule has 21 heavy (non-hydrogen) atoms. The van der Waals surface area contributed by atoms with Gasteiger partial charge in [0, 0.05) is 23.8 Å². The van der Waals surface area contributed by atoms with Gasteiger partial charge in [0.1, 0.15) is 5.75 Å². The van der Waals surface area contributed by atoms with Crippen LogP contribution in [0.1, 0.15) is 38.5 Å². The van der Waals surface area contributed by atoms with Gasteiger partial charge in [-0.3, -0.25) is 0 Å². The summed E-state index contributed by atoms with van der Waals surface area (Å²) in [7, 11) is 1.72. The third-order valence-corrected chi connectivity index (χ3v) is 5.59. The number of nitrogens with one attached hydrogen (secondary N) is 2. The summed E-state index contributed by atoms with van der Waals surface area (Å²) < 4.78 is 6.41.